The predicted molar refractivity (Wildman–Crippen MR) is 140 cm³/mol. The normalized spacial score (nSPS) is 25.5. The van der Waals surface area contributed by atoms with Gasteiger partial charge in [-0.3, -0.25) is 4.90 Å². The number of halogens is 1. The lowest BCUT2D eigenvalue weighted by molar-refractivity contribution is 0.0434. The maximum absolute atomic E-state index is 10.3. The second kappa shape index (κ2) is 10.9. The van der Waals surface area contributed by atoms with Crippen LogP contribution in [0.5, 0.6) is 23.0 Å². The molecule has 0 bridgehead atoms. The van der Waals surface area contributed by atoms with Crippen molar-refractivity contribution in [3.63, 3.8) is 0 Å². The van der Waals surface area contributed by atoms with Gasteiger partial charge >= 0.3 is 0 Å². The Labute approximate surface area is 215 Å². The Morgan fingerprint density at radius 2 is 1.60 bits per heavy atom. The summed E-state index contributed by atoms with van der Waals surface area (Å²) in [5.41, 5.74) is 5.34. The van der Waals surface area contributed by atoms with Crippen LogP contribution in [-0.4, -0.2) is 51.0 Å². The van der Waals surface area contributed by atoms with E-state index < -0.39 is 0 Å². The molecule has 5 rings (SSSR count). The minimum absolute atomic E-state index is 0. The average molecular weight is 503 g/mol. The molecule has 7 heteroatoms. The van der Waals surface area contributed by atoms with Crippen LogP contribution in [-0.2, 0) is 12.8 Å². The van der Waals surface area contributed by atoms with E-state index in [0.29, 0.717) is 23.6 Å². The number of phenols is 1. The Balaban J connectivity index is 0.00000289. The summed E-state index contributed by atoms with van der Waals surface area (Å²) in [5, 5.41) is 14.1. The third kappa shape index (κ3) is 4.81. The van der Waals surface area contributed by atoms with E-state index in [0.717, 1.165) is 56.8 Å². The Bertz CT molecular complexity index is 1050. The Kier molecular flexibility index (Phi) is 8.04. The van der Waals surface area contributed by atoms with Crippen molar-refractivity contribution in [3.8, 4) is 23.0 Å². The van der Waals surface area contributed by atoms with E-state index in [1.807, 2.05) is 12.1 Å². The second-order valence-corrected chi connectivity index (χ2v) is 10.0. The number of benzene rings is 2. The molecule has 35 heavy (non-hydrogen) atoms. The molecule has 0 aromatic heterocycles. The number of nitrogens with zero attached hydrogens (tertiary/aromatic N) is 1. The van der Waals surface area contributed by atoms with Crippen LogP contribution in [0.2, 0.25) is 0 Å². The molecule has 0 aliphatic carbocycles. The van der Waals surface area contributed by atoms with E-state index in [9.17, 15) is 5.11 Å². The summed E-state index contributed by atoms with van der Waals surface area (Å²) in [6, 6.07) is 9.06. The molecular weight excluding hydrogens is 464 g/mol. The second-order valence-electron chi connectivity index (χ2n) is 10.0. The van der Waals surface area contributed by atoms with Crippen LogP contribution in [0.15, 0.2) is 24.3 Å². The van der Waals surface area contributed by atoms with Gasteiger partial charge in [0.2, 0.25) is 0 Å². The van der Waals surface area contributed by atoms with Gasteiger partial charge in [0.1, 0.15) is 0 Å². The summed E-state index contributed by atoms with van der Waals surface area (Å²) in [7, 11) is 5.06. The zero-order valence-corrected chi connectivity index (χ0v) is 22.1. The summed E-state index contributed by atoms with van der Waals surface area (Å²) in [6.45, 7) is 5.55. The number of phenolic OH excluding ortho intramolecular Hbond substituents is 1. The average Bonchev–Trinajstić information content (AvgIpc) is 2.87. The fourth-order valence-electron chi connectivity index (χ4n) is 6.59. The first kappa shape index (κ1) is 25.9. The SMILES string of the molecule is CC[C@@H]1CN2CCc3cc(OC)c(OC)cc3[C@H]2C[C@H]1C[C@@H]1NCCc2cc(O)c(OC)cc21.Cl. The topological polar surface area (TPSA) is 63.2 Å². The van der Waals surface area contributed by atoms with Crippen LogP contribution >= 0.6 is 12.4 Å². The minimum Gasteiger partial charge on any atom is -0.504 e. The van der Waals surface area contributed by atoms with E-state index in [1.165, 1.54) is 28.7 Å². The van der Waals surface area contributed by atoms with E-state index >= 15 is 0 Å². The number of rotatable bonds is 6. The third-order valence-corrected chi connectivity index (χ3v) is 8.44. The van der Waals surface area contributed by atoms with Gasteiger partial charge in [-0.25, -0.2) is 0 Å². The lowest BCUT2D eigenvalue weighted by atomic mass is 9.72. The Morgan fingerprint density at radius 3 is 2.31 bits per heavy atom. The van der Waals surface area contributed by atoms with Crippen molar-refractivity contribution in [1.29, 1.82) is 0 Å². The van der Waals surface area contributed by atoms with Crippen molar-refractivity contribution in [2.45, 2.75) is 51.1 Å². The Morgan fingerprint density at radius 1 is 0.914 bits per heavy atom. The molecule has 0 spiro atoms. The first-order chi connectivity index (χ1) is 16.6. The zero-order valence-electron chi connectivity index (χ0n) is 21.3. The summed E-state index contributed by atoms with van der Waals surface area (Å²) in [6.07, 6.45) is 5.46. The van der Waals surface area contributed by atoms with Gasteiger partial charge < -0.3 is 24.6 Å². The summed E-state index contributed by atoms with van der Waals surface area (Å²) >= 11 is 0. The molecule has 6 nitrogen and oxygen atoms in total. The molecule has 2 N–H and O–H groups in total. The van der Waals surface area contributed by atoms with Gasteiger partial charge in [0.25, 0.3) is 0 Å². The molecule has 1 fully saturated rings. The van der Waals surface area contributed by atoms with Crippen LogP contribution in [0.1, 0.15) is 60.5 Å². The summed E-state index contributed by atoms with van der Waals surface area (Å²) < 4.78 is 16.7. The number of aromatic hydroxyl groups is 1. The Hall–Kier alpha value is -2.15. The molecule has 3 aliphatic heterocycles. The molecular formula is C28H39ClN2O4. The number of nitrogens with one attached hydrogen (secondary N) is 1. The van der Waals surface area contributed by atoms with Gasteiger partial charge in [-0.1, -0.05) is 13.3 Å². The third-order valence-electron chi connectivity index (χ3n) is 8.44. The summed E-state index contributed by atoms with van der Waals surface area (Å²) in [4.78, 5) is 2.70. The van der Waals surface area contributed by atoms with Crippen LogP contribution in [0.4, 0.5) is 0 Å². The van der Waals surface area contributed by atoms with Gasteiger partial charge in [-0.05, 0) is 90.6 Å². The monoisotopic (exact) mass is 502 g/mol. The largest absolute Gasteiger partial charge is 0.504 e. The zero-order chi connectivity index (χ0) is 23.8. The smallest absolute Gasteiger partial charge is 0.161 e. The molecule has 3 heterocycles. The fraction of sp³-hybridized carbons (Fsp3) is 0.571. The van der Waals surface area contributed by atoms with Gasteiger partial charge in [0.05, 0.1) is 21.3 Å². The van der Waals surface area contributed by atoms with E-state index in [2.05, 4.69) is 29.3 Å². The quantitative estimate of drug-likeness (QED) is 0.575. The first-order valence-electron chi connectivity index (χ1n) is 12.7. The van der Waals surface area contributed by atoms with Gasteiger partial charge in [-0.2, -0.15) is 0 Å². The highest BCUT2D eigenvalue weighted by Crippen LogP contribution is 2.47. The van der Waals surface area contributed by atoms with Crippen molar-refractivity contribution in [2.24, 2.45) is 11.8 Å². The predicted octanol–water partition coefficient (Wildman–Crippen LogP) is 5.06. The van der Waals surface area contributed by atoms with Gasteiger partial charge in [-0.15, -0.1) is 12.4 Å². The van der Waals surface area contributed by atoms with Crippen molar-refractivity contribution in [1.82, 2.24) is 10.2 Å². The van der Waals surface area contributed by atoms with Gasteiger partial charge in [0.15, 0.2) is 23.0 Å². The first-order valence-corrected chi connectivity index (χ1v) is 12.7. The highest BCUT2D eigenvalue weighted by Gasteiger charge is 2.40. The fourth-order valence-corrected chi connectivity index (χ4v) is 6.59. The molecule has 0 saturated carbocycles. The lowest BCUT2D eigenvalue weighted by Gasteiger charge is -2.48. The van der Waals surface area contributed by atoms with Crippen LogP contribution < -0.4 is 19.5 Å². The van der Waals surface area contributed by atoms with E-state index in [1.54, 1.807) is 21.3 Å². The van der Waals surface area contributed by atoms with Crippen molar-refractivity contribution in [2.75, 3.05) is 41.0 Å². The summed E-state index contributed by atoms with van der Waals surface area (Å²) in [5.74, 6) is 3.76. The van der Waals surface area contributed by atoms with Crippen molar-refractivity contribution < 1.29 is 19.3 Å². The molecule has 4 atom stereocenters. The maximum atomic E-state index is 10.3. The number of piperidine rings is 1. The molecule has 192 valence electrons. The van der Waals surface area contributed by atoms with Crippen LogP contribution in [0.25, 0.3) is 0 Å². The number of ether oxygens (including phenoxy) is 3. The minimum atomic E-state index is 0. The molecule has 0 radical (unpaired) electrons. The maximum Gasteiger partial charge on any atom is 0.161 e. The number of hydrogen-bond donors (Lipinski definition) is 2. The van der Waals surface area contributed by atoms with Gasteiger partial charge in [0, 0.05) is 25.2 Å². The molecule has 2 aromatic carbocycles. The molecule has 3 aliphatic rings. The lowest BCUT2D eigenvalue weighted by Crippen LogP contribution is -2.46. The van der Waals surface area contributed by atoms with Crippen molar-refractivity contribution in [3.05, 3.63) is 46.5 Å². The highest BCUT2D eigenvalue weighted by atomic mass is 35.5. The highest BCUT2D eigenvalue weighted by molar-refractivity contribution is 5.85. The molecule has 1 saturated heterocycles. The number of hydrogen-bond acceptors (Lipinski definition) is 6. The van der Waals surface area contributed by atoms with Crippen molar-refractivity contribution >= 4 is 12.4 Å². The molecule has 2 aromatic rings. The number of methoxy groups -OCH3 is 3. The molecule has 0 unspecified atom stereocenters. The standard InChI is InChI=1S/C28H38N2O4.ClH/c1-5-17-16-30-9-7-19-13-27(33-3)28(34-4)15-22(19)24(30)11-20(17)10-23-21-14-26(32-2)25(31)12-18(21)6-8-29-23;/h12-15,17,20,23-24,29,31H,5-11,16H2,1-4H3;1H/t17-,20-,23+,24-;/m1./s1. The van der Waals surface area contributed by atoms with Crippen LogP contribution in [0.3, 0.4) is 0 Å². The van der Waals surface area contributed by atoms with E-state index in [4.69, 9.17) is 14.2 Å². The number of fused-ring (bicyclic) bond motifs is 4. The molecule has 0 amide bonds. The van der Waals surface area contributed by atoms with E-state index in [-0.39, 0.29) is 24.2 Å². The van der Waals surface area contributed by atoms with Crippen LogP contribution in [0, 0.1) is 11.8 Å².